The Morgan fingerprint density at radius 1 is 1.25 bits per heavy atom. The molecule has 1 saturated carbocycles. The van der Waals surface area contributed by atoms with Crippen molar-refractivity contribution in [2.45, 2.75) is 25.3 Å². The largest absolute Gasteiger partial charge is 0.357 e. The van der Waals surface area contributed by atoms with E-state index in [9.17, 15) is 0 Å². The Labute approximate surface area is 98.5 Å². The Morgan fingerprint density at radius 2 is 2.06 bits per heavy atom. The van der Waals surface area contributed by atoms with Crippen molar-refractivity contribution < 1.29 is 0 Å². The highest BCUT2D eigenvalue weighted by Crippen LogP contribution is 2.42. The number of aromatic nitrogens is 2. The Hall–Kier alpha value is -1.42. The Bertz CT molecular complexity index is 480. The molecule has 82 valence electrons. The van der Waals surface area contributed by atoms with Crippen LogP contribution in [0.25, 0.3) is 0 Å². The van der Waals surface area contributed by atoms with E-state index in [1.807, 2.05) is 6.92 Å². The normalized spacial score (nSPS) is 23.1. The third-order valence-electron chi connectivity index (χ3n) is 2.85. The lowest BCUT2D eigenvalue weighted by molar-refractivity contribution is 1.000. The van der Waals surface area contributed by atoms with E-state index >= 15 is 0 Å². The first-order valence-corrected chi connectivity index (χ1v) is 6.26. The van der Waals surface area contributed by atoms with Crippen LogP contribution in [0.3, 0.4) is 0 Å². The lowest BCUT2D eigenvalue weighted by atomic mass is 10.1. The molecule has 1 N–H and O–H groups in total. The van der Waals surface area contributed by atoms with Crippen LogP contribution in [0.5, 0.6) is 0 Å². The molecule has 0 saturated heterocycles. The number of anilines is 1. The molecule has 1 aromatic carbocycles. The predicted octanol–water partition coefficient (Wildman–Crippen LogP) is 2.81. The van der Waals surface area contributed by atoms with E-state index in [0.717, 1.165) is 10.1 Å². The fourth-order valence-electron chi connectivity index (χ4n) is 1.94. The highest BCUT2D eigenvalue weighted by Gasteiger charge is 2.38. The van der Waals surface area contributed by atoms with Gasteiger partial charge in [-0.2, -0.15) is 0 Å². The van der Waals surface area contributed by atoms with Gasteiger partial charge in [-0.1, -0.05) is 41.7 Å². The van der Waals surface area contributed by atoms with E-state index in [1.165, 1.54) is 12.0 Å². The lowest BCUT2D eigenvalue weighted by Crippen LogP contribution is -2.03. The molecule has 2 unspecified atom stereocenters. The molecule has 1 fully saturated rings. The summed E-state index contributed by atoms with van der Waals surface area (Å²) >= 11 is 1.62. The van der Waals surface area contributed by atoms with Crippen molar-refractivity contribution in [3.05, 3.63) is 40.9 Å². The topological polar surface area (TPSA) is 37.8 Å². The molecule has 1 aliphatic rings. The summed E-state index contributed by atoms with van der Waals surface area (Å²) in [6, 6.07) is 11.2. The number of hydrogen-bond acceptors (Lipinski definition) is 4. The molecule has 1 aliphatic carbocycles. The van der Waals surface area contributed by atoms with Crippen molar-refractivity contribution in [1.82, 2.24) is 10.2 Å². The summed E-state index contributed by atoms with van der Waals surface area (Å²) < 4.78 is 0. The van der Waals surface area contributed by atoms with Gasteiger partial charge in [0.25, 0.3) is 0 Å². The Kier molecular flexibility index (Phi) is 2.36. The number of nitrogens with one attached hydrogen (secondary N) is 1. The molecule has 1 aromatic heterocycles. The Balaban J connectivity index is 1.65. The van der Waals surface area contributed by atoms with Crippen molar-refractivity contribution in [2.75, 3.05) is 5.32 Å². The molecule has 2 aromatic rings. The van der Waals surface area contributed by atoms with Gasteiger partial charge in [0, 0.05) is 12.0 Å². The second-order valence-electron chi connectivity index (χ2n) is 4.13. The van der Waals surface area contributed by atoms with Crippen LogP contribution in [0.2, 0.25) is 0 Å². The van der Waals surface area contributed by atoms with Crippen LogP contribution < -0.4 is 5.32 Å². The molecule has 1 heterocycles. The number of aryl methyl sites for hydroxylation is 1. The van der Waals surface area contributed by atoms with E-state index in [0.29, 0.717) is 12.0 Å². The third kappa shape index (κ3) is 1.93. The van der Waals surface area contributed by atoms with Gasteiger partial charge in [0.05, 0.1) is 0 Å². The first-order valence-electron chi connectivity index (χ1n) is 5.44. The average molecular weight is 231 g/mol. The minimum Gasteiger partial charge on any atom is -0.357 e. The average Bonchev–Trinajstić information content (AvgIpc) is 2.95. The molecule has 0 aliphatic heterocycles. The molecular weight excluding hydrogens is 218 g/mol. The van der Waals surface area contributed by atoms with Gasteiger partial charge in [0.2, 0.25) is 5.13 Å². The van der Waals surface area contributed by atoms with Gasteiger partial charge in [0.1, 0.15) is 5.01 Å². The number of benzene rings is 1. The summed E-state index contributed by atoms with van der Waals surface area (Å²) in [5, 5.41) is 13.5. The van der Waals surface area contributed by atoms with Gasteiger partial charge < -0.3 is 5.32 Å². The molecule has 0 radical (unpaired) electrons. The zero-order valence-electron chi connectivity index (χ0n) is 9.05. The van der Waals surface area contributed by atoms with Crippen LogP contribution in [0.1, 0.15) is 22.9 Å². The van der Waals surface area contributed by atoms with Crippen LogP contribution in [0, 0.1) is 6.92 Å². The monoisotopic (exact) mass is 231 g/mol. The molecule has 16 heavy (non-hydrogen) atoms. The van der Waals surface area contributed by atoms with Gasteiger partial charge in [0.15, 0.2) is 0 Å². The second kappa shape index (κ2) is 3.87. The molecule has 4 heteroatoms. The minimum atomic E-state index is 0.537. The third-order valence-corrected chi connectivity index (χ3v) is 3.62. The maximum absolute atomic E-state index is 4.08. The quantitative estimate of drug-likeness (QED) is 0.882. The SMILES string of the molecule is Cc1nnc(NC2CC2c2ccccc2)s1. The maximum atomic E-state index is 4.08. The van der Waals surface area contributed by atoms with Crippen LogP contribution in [-0.4, -0.2) is 16.2 Å². The highest BCUT2D eigenvalue weighted by atomic mass is 32.1. The molecule has 3 rings (SSSR count). The first kappa shape index (κ1) is 9.78. The van der Waals surface area contributed by atoms with Crippen molar-refractivity contribution in [3.8, 4) is 0 Å². The van der Waals surface area contributed by atoms with Crippen molar-refractivity contribution >= 4 is 16.5 Å². The second-order valence-corrected chi connectivity index (χ2v) is 5.31. The summed E-state index contributed by atoms with van der Waals surface area (Å²) in [5.74, 6) is 0.644. The smallest absolute Gasteiger partial charge is 0.205 e. The maximum Gasteiger partial charge on any atom is 0.205 e. The minimum absolute atomic E-state index is 0.537. The fourth-order valence-corrected chi connectivity index (χ4v) is 2.59. The molecular formula is C12H13N3S. The van der Waals surface area contributed by atoms with Gasteiger partial charge >= 0.3 is 0 Å². The van der Waals surface area contributed by atoms with Gasteiger partial charge in [-0.25, -0.2) is 0 Å². The van der Waals surface area contributed by atoms with Crippen LogP contribution >= 0.6 is 11.3 Å². The van der Waals surface area contributed by atoms with Crippen LogP contribution in [-0.2, 0) is 0 Å². The summed E-state index contributed by atoms with van der Waals surface area (Å²) in [7, 11) is 0. The first-order chi connectivity index (χ1) is 7.83. The number of hydrogen-bond donors (Lipinski definition) is 1. The molecule has 0 spiro atoms. The van der Waals surface area contributed by atoms with Crippen molar-refractivity contribution in [1.29, 1.82) is 0 Å². The molecule has 0 bridgehead atoms. The predicted molar refractivity (Wildman–Crippen MR) is 65.9 cm³/mol. The fraction of sp³-hybridized carbons (Fsp3) is 0.333. The molecule has 2 atom stereocenters. The van der Waals surface area contributed by atoms with E-state index in [2.05, 4.69) is 45.8 Å². The van der Waals surface area contributed by atoms with Crippen molar-refractivity contribution in [3.63, 3.8) is 0 Å². The Morgan fingerprint density at radius 3 is 2.75 bits per heavy atom. The summed E-state index contributed by atoms with van der Waals surface area (Å²) in [5.41, 5.74) is 1.42. The zero-order valence-corrected chi connectivity index (χ0v) is 9.87. The summed E-state index contributed by atoms with van der Waals surface area (Å²) in [6.07, 6.45) is 1.20. The van der Waals surface area contributed by atoms with Crippen LogP contribution in [0.15, 0.2) is 30.3 Å². The van der Waals surface area contributed by atoms with E-state index in [1.54, 1.807) is 11.3 Å². The van der Waals surface area contributed by atoms with E-state index in [-0.39, 0.29) is 0 Å². The summed E-state index contributed by atoms with van der Waals surface area (Å²) in [4.78, 5) is 0. The summed E-state index contributed by atoms with van der Waals surface area (Å²) in [6.45, 7) is 1.98. The van der Waals surface area contributed by atoms with Gasteiger partial charge in [-0.3, -0.25) is 0 Å². The van der Waals surface area contributed by atoms with Crippen LogP contribution in [0.4, 0.5) is 5.13 Å². The van der Waals surface area contributed by atoms with Gasteiger partial charge in [-0.15, -0.1) is 10.2 Å². The lowest BCUT2D eigenvalue weighted by Gasteiger charge is -2.00. The van der Waals surface area contributed by atoms with Crippen molar-refractivity contribution in [2.24, 2.45) is 0 Å². The molecule has 3 nitrogen and oxygen atoms in total. The standard InChI is InChI=1S/C12H13N3S/c1-8-14-15-12(16-8)13-11-7-10(11)9-5-3-2-4-6-9/h2-6,10-11H,7H2,1H3,(H,13,15). The van der Waals surface area contributed by atoms with Gasteiger partial charge in [-0.05, 0) is 18.9 Å². The van der Waals surface area contributed by atoms with E-state index in [4.69, 9.17) is 0 Å². The number of rotatable bonds is 3. The van der Waals surface area contributed by atoms with E-state index < -0.39 is 0 Å². The number of nitrogens with zero attached hydrogens (tertiary/aromatic N) is 2. The highest BCUT2D eigenvalue weighted by molar-refractivity contribution is 7.15. The zero-order chi connectivity index (χ0) is 11.0. The molecule has 0 amide bonds.